The van der Waals surface area contributed by atoms with Crippen molar-refractivity contribution in [1.82, 2.24) is 4.57 Å². The van der Waals surface area contributed by atoms with Crippen molar-refractivity contribution in [3.63, 3.8) is 0 Å². The summed E-state index contributed by atoms with van der Waals surface area (Å²) in [5.41, 5.74) is 6.45. The Morgan fingerprint density at radius 3 is 2.27 bits per heavy atom. The Hall–Kier alpha value is -3.42. The largest absolute Gasteiger partial charge is 0.366 e. The molecule has 0 atom stereocenters. The molecular formula is C25H20F5N2O. The Bertz CT molecular complexity index is 1360. The molecule has 3 nitrogen and oxygen atoms in total. The molecular weight excluding hydrogens is 439 g/mol. The second-order valence-corrected chi connectivity index (χ2v) is 7.92. The minimum absolute atomic E-state index is 0.170. The molecule has 2 N–H and O–H groups in total. The van der Waals surface area contributed by atoms with Crippen LogP contribution in [0.15, 0.2) is 30.3 Å². The number of nitrogens with zero attached hydrogens (tertiary/aromatic N) is 1. The first-order valence-electron chi connectivity index (χ1n) is 10.5. The Labute approximate surface area is 186 Å². The van der Waals surface area contributed by atoms with Crippen LogP contribution in [0.1, 0.15) is 47.7 Å². The first kappa shape index (κ1) is 22.8. The van der Waals surface area contributed by atoms with Crippen molar-refractivity contribution in [3.8, 4) is 0 Å². The van der Waals surface area contributed by atoms with Crippen LogP contribution in [0.5, 0.6) is 0 Å². The number of rotatable bonds is 7. The maximum atomic E-state index is 14.5. The molecule has 1 amide bonds. The van der Waals surface area contributed by atoms with Crippen molar-refractivity contribution in [2.24, 2.45) is 5.73 Å². The predicted octanol–water partition coefficient (Wildman–Crippen LogP) is 6.17. The molecule has 0 unspecified atom stereocenters. The number of nitrogens with two attached hydrogens (primary N) is 1. The van der Waals surface area contributed by atoms with E-state index in [1.54, 1.807) is 24.3 Å². The summed E-state index contributed by atoms with van der Waals surface area (Å²) < 4.78 is 71.6. The molecule has 1 radical (unpaired) electrons. The number of unbranched alkanes of at least 4 members (excludes halogenated alkanes) is 2. The smallest absolute Gasteiger partial charge is 0.249 e. The molecule has 33 heavy (non-hydrogen) atoms. The Kier molecular flexibility index (Phi) is 6.10. The van der Waals surface area contributed by atoms with Gasteiger partial charge in [-0.3, -0.25) is 4.79 Å². The van der Waals surface area contributed by atoms with Crippen molar-refractivity contribution >= 4 is 27.7 Å². The molecule has 0 aliphatic rings. The number of aryl methyl sites for hydroxylation is 1. The fraction of sp³-hybridized carbons (Fsp3) is 0.240. The zero-order chi connectivity index (χ0) is 23.9. The van der Waals surface area contributed by atoms with E-state index in [4.69, 9.17) is 5.73 Å². The van der Waals surface area contributed by atoms with Crippen LogP contribution in [-0.4, -0.2) is 10.5 Å². The summed E-state index contributed by atoms with van der Waals surface area (Å²) in [4.78, 5) is 12.0. The van der Waals surface area contributed by atoms with Gasteiger partial charge in [0.2, 0.25) is 11.7 Å². The van der Waals surface area contributed by atoms with E-state index in [1.807, 2.05) is 0 Å². The van der Waals surface area contributed by atoms with E-state index in [9.17, 15) is 26.7 Å². The molecule has 0 bridgehead atoms. The number of hydrogen-bond donors (Lipinski definition) is 1. The van der Waals surface area contributed by atoms with E-state index >= 15 is 0 Å². The molecule has 0 aliphatic carbocycles. The monoisotopic (exact) mass is 459 g/mol. The highest BCUT2D eigenvalue weighted by atomic mass is 19.2. The summed E-state index contributed by atoms with van der Waals surface area (Å²) in [6.07, 6.45) is 3.68. The van der Waals surface area contributed by atoms with Crippen molar-refractivity contribution in [3.05, 3.63) is 82.2 Å². The molecule has 1 aromatic heterocycles. The van der Waals surface area contributed by atoms with E-state index < -0.39 is 47.1 Å². The summed E-state index contributed by atoms with van der Waals surface area (Å²) in [5, 5.41) is 0.881. The van der Waals surface area contributed by atoms with Crippen LogP contribution in [0, 0.1) is 35.2 Å². The highest BCUT2D eigenvalue weighted by Gasteiger charge is 2.27. The quantitative estimate of drug-likeness (QED) is 0.153. The highest BCUT2D eigenvalue weighted by Crippen LogP contribution is 2.34. The van der Waals surface area contributed by atoms with Gasteiger partial charge < -0.3 is 10.3 Å². The normalized spacial score (nSPS) is 11.6. The van der Waals surface area contributed by atoms with Crippen LogP contribution in [0.25, 0.3) is 21.8 Å². The van der Waals surface area contributed by atoms with Gasteiger partial charge in [0.15, 0.2) is 23.3 Å². The van der Waals surface area contributed by atoms with Crippen molar-refractivity contribution in [2.45, 2.75) is 39.2 Å². The van der Waals surface area contributed by atoms with Crippen LogP contribution in [-0.2, 0) is 13.0 Å². The van der Waals surface area contributed by atoms with Gasteiger partial charge in [0.25, 0.3) is 0 Å². The number of amides is 1. The van der Waals surface area contributed by atoms with E-state index in [2.05, 4.69) is 13.0 Å². The van der Waals surface area contributed by atoms with Crippen molar-refractivity contribution in [2.75, 3.05) is 0 Å². The number of aromatic nitrogens is 1. The van der Waals surface area contributed by atoms with Gasteiger partial charge in [0, 0.05) is 21.9 Å². The lowest BCUT2D eigenvalue weighted by molar-refractivity contribution is 0.100. The lowest BCUT2D eigenvalue weighted by Crippen LogP contribution is -2.12. The van der Waals surface area contributed by atoms with Gasteiger partial charge in [0.05, 0.1) is 17.6 Å². The maximum absolute atomic E-state index is 14.5. The van der Waals surface area contributed by atoms with Gasteiger partial charge in [-0.05, 0) is 42.7 Å². The van der Waals surface area contributed by atoms with Crippen molar-refractivity contribution < 1.29 is 26.7 Å². The van der Waals surface area contributed by atoms with E-state index in [-0.39, 0.29) is 5.56 Å². The van der Waals surface area contributed by atoms with Gasteiger partial charge in [-0.25, -0.2) is 22.0 Å². The number of carbonyl (C=O) groups is 1. The lowest BCUT2D eigenvalue weighted by Gasteiger charge is -2.12. The summed E-state index contributed by atoms with van der Waals surface area (Å²) in [5.74, 6) is -10.7. The molecule has 0 aliphatic heterocycles. The van der Waals surface area contributed by atoms with Gasteiger partial charge in [-0.1, -0.05) is 31.9 Å². The molecule has 0 spiro atoms. The van der Waals surface area contributed by atoms with Gasteiger partial charge in [-0.2, -0.15) is 0 Å². The average Bonchev–Trinajstić information content (AvgIpc) is 3.12. The standard InChI is InChI=1S/C25H20F5N2O/c1-2-3-4-6-13-9-10-14-18(11-13)32(17-8-5-7-15(19(14)17)25(31)33)12-16-20(26)22(28)24(30)23(29)21(16)27/h5,7-9,11H,2-4,6,12H2,1H3,(H2,31,33). The minimum Gasteiger partial charge on any atom is -0.366 e. The molecule has 0 saturated heterocycles. The summed E-state index contributed by atoms with van der Waals surface area (Å²) >= 11 is 0. The zero-order valence-electron chi connectivity index (χ0n) is 17.7. The van der Waals surface area contributed by atoms with E-state index in [0.29, 0.717) is 21.8 Å². The third-order valence-electron chi connectivity index (χ3n) is 5.81. The topological polar surface area (TPSA) is 48.0 Å². The van der Waals surface area contributed by atoms with E-state index in [0.717, 1.165) is 31.2 Å². The Morgan fingerprint density at radius 2 is 1.64 bits per heavy atom. The SMILES string of the molecule is CCCCCc1c[c]c2c3c(C(N)=O)cccc3n(Cc3c(F)c(F)c(F)c(F)c3F)c2c1. The number of hydrogen-bond acceptors (Lipinski definition) is 1. The van der Waals surface area contributed by atoms with Crippen LogP contribution in [0.2, 0.25) is 0 Å². The number of carbonyl (C=O) groups excluding carboxylic acids is 1. The molecule has 8 heteroatoms. The van der Waals surface area contributed by atoms with Crippen LogP contribution < -0.4 is 5.73 Å². The molecule has 3 aromatic carbocycles. The summed E-state index contributed by atoms with van der Waals surface area (Å²) in [7, 11) is 0. The molecule has 4 rings (SSSR count). The summed E-state index contributed by atoms with van der Waals surface area (Å²) in [6.45, 7) is 1.43. The van der Waals surface area contributed by atoms with Gasteiger partial charge in [-0.15, -0.1) is 0 Å². The molecule has 171 valence electrons. The van der Waals surface area contributed by atoms with Crippen LogP contribution in [0.4, 0.5) is 22.0 Å². The minimum atomic E-state index is -2.21. The number of primary amides is 1. The predicted molar refractivity (Wildman–Crippen MR) is 115 cm³/mol. The highest BCUT2D eigenvalue weighted by molar-refractivity contribution is 6.17. The summed E-state index contributed by atoms with van der Waals surface area (Å²) in [6, 6.07) is 11.3. The van der Waals surface area contributed by atoms with Crippen LogP contribution >= 0.6 is 0 Å². The number of fused-ring (bicyclic) bond motifs is 3. The molecule has 4 aromatic rings. The first-order chi connectivity index (χ1) is 15.8. The average molecular weight is 459 g/mol. The first-order valence-corrected chi connectivity index (χ1v) is 10.5. The fourth-order valence-electron chi connectivity index (χ4n) is 4.15. The number of halogens is 5. The third-order valence-corrected chi connectivity index (χ3v) is 5.81. The molecule has 0 fully saturated rings. The third kappa shape index (κ3) is 3.83. The van der Waals surface area contributed by atoms with Gasteiger partial charge >= 0.3 is 0 Å². The number of benzene rings is 3. The Morgan fingerprint density at radius 1 is 0.970 bits per heavy atom. The second-order valence-electron chi connectivity index (χ2n) is 7.92. The van der Waals surface area contributed by atoms with E-state index in [1.165, 1.54) is 10.6 Å². The van der Waals surface area contributed by atoms with Crippen LogP contribution in [0.3, 0.4) is 0 Å². The maximum Gasteiger partial charge on any atom is 0.249 e. The van der Waals surface area contributed by atoms with Gasteiger partial charge in [0.1, 0.15) is 0 Å². The van der Waals surface area contributed by atoms with Crippen molar-refractivity contribution in [1.29, 1.82) is 0 Å². The zero-order valence-corrected chi connectivity index (χ0v) is 17.7. The molecule has 0 saturated carbocycles. The Balaban J connectivity index is 1.99. The molecule has 1 heterocycles. The lowest BCUT2D eigenvalue weighted by atomic mass is 10.0. The fourth-order valence-corrected chi connectivity index (χ4v) is 4.15. The second kappa shape index (κ2) is 8.84.